The Morgan fingerprint density at radius 1 is 0.444 bits per heavy atom. The van der Waals surface area contributed by atoms with Crippen molar-refractivity contribution in [2.24, 2.45) is 23.7 Å². The van der Waals surface area contributed by atoms with Gasteiger partial charge in [-0.1, -0.05) is 36.4 Å². The predicted octanol–water partition coefficient (Wildman–Crippen LogP) is 5.62. The number of benzene rings is 4. The lowest BCUT2D eigenvalue weighted by atomic mass is 9.79. The average Bonchev–Trinajstić information content (AvgIpc) is 4.05. The van der Waals surface area contributed by atoms with Gasteiger partial charge in [0.05, 0.1) is 46.1 Å². The van der Waals surface area contributed by atoms with Gasteiger partial charge in [0.1, 0.15) is 0 Å². The molecule has 0 saturated carbocycles. The average molecular weight is 971 g/mol. The predicted molar refractivity (Wildman–Crippen MR) is 272 cm³/mol. The van der Waals surface area contributed by atoms with Gasteiger partial charge in [0.15, 0.2) is 0 Å². The standard InChI is InChI=1S/C56H58N8O8/c1-33(65)61-47-13-5-3-11-39(47)41-29-43-45(31-49(41)61)55(71)63(53(43)69)37-19-15-35(16-20-37)51(67)59-27-9-25-57-23-7-8-24-58-26-10-28-60-52(68)36-17-21-38(22-18-36)64-54(70)44-30-42-40-12-4-6-14-48(40)62(34(2)66)50(42)32-46(44)56(64)72/h3-6,11-22,43-46,57-58H,7-10,23-32H2,1-2H3,(H,59,67)(H,60,68). The molecular formula is C56H58N8O8. The highest BCUT2D eigenvalue weighted by Gasteiger charge is 2.53. The molecule has 2 fully saturated rings. The van der Waals surface area contributed by atoms with Crippen LogP contribution in [0.2, 0.25) is 0 Å². The van der Waals surface area contributed by atoms with E-state index in [1.165, 1.54) is 23.6 Å². The topological polar surface area (TPSA) is 201 Å². The highest BCUT2D eigenvalue weighted by atomic mass is 16.2. The van der Waals surface area contributed by atoms with Crippen LogP contribution in [0.1, 0.15) is 92.4 Å². The molecular weight excluding hydrogens is 913 g/mol. The number of rotatable bonds is 17. The molecule has 4 aromatic carbocycles. The molecule has 4 unspecified atom stereocenters. The van der Waals surface area contributed by atoms with Crippen molar-refractivity contribution in [1.82, 2.24) is 30.4 Å². The van der Waals surface area contributed by atoms with Gasteiger partial charge in [-0.15, -0.1) is 0 Å². The molecule has 4 N–H and O–H groups in total. The van der Waals surface area contributed by atoms with E-state index in [4.69, 9.17) is 0 Å². The minimum atomic E-state index is -0.553. The number of nitrogens with zero attached hydrogens (tertiary/aromatic N) is 4. The van der Waals surface area contributed by atoms with Gasteiger partial charge in [-0.2, -0.15) is 0 Å². The SMILES string of the molecule is CC(=O)n1c2c(c3ccccc31)CC1C(=O)N(c3ccc(C(=O)NCCCNCCCCNCCCNC(=O)c4ccc(N5C(=O)C6Cc7c(n(C(C)=O)c8ccccc78)CC6C5=O)cc4)cc3)C(=O)C1C2. The van der Waals surface area contributed by atoms with Gasteiger partial charge < -0.3 is 21.3 Å². The summed E-state index contributed by atoms with van der Waals surface area (Å²) in [6, 6.07) is 28.4. The third-order valence-electron chi connectivity index (χ3n) is 15.0. The summed E-state index contributed by atoms with van der Waals surface area (Å²) in [7, 11) is 0. The Balaban J connectivity index is 0.578. The molecule has 6 amide bonds. The van der Waals surface area contributed by atoms with E-state index in [9.17, 15) is 38.4 Å². The number of hydrogen-bond acceptors (Lipinski definition) is 10. The third kappa shape index (κ3) is 8.82. The number of fused-ring (bicyclic) bond motifs is 8. The minimum absolute atomic E-state index is 0.124. The Morgan fingerprint density at radius 3 is 1.17 bits per heavy atom. The van der Waals surface area contributed by atoms with Crippen molar-refractivity contribution in [3.05, 3.63) is 131 Å². The first-order valence-electron chi connectivity index (χ1n) is 25.1. The van der Waals surface area contributed by atoms with Gasteiger partial charge in [0.2, 0.25) is 35.4 Å². The van der Waals surface area contributed by atoms with E-state index >= 15 is 0 Å². The van der Waals surface area contributed by atoms with E-state index in [0.717, 1.165) is 96.2 Å². The number of carbonyl (C=O) groups is 8. The van der Waals surface area contributed by atoms with Crippen molar-refractivity contribution in [2.75, 3.05) is 49.1 Å². The van der Waals surface area contributed by atoms with Crippen LogP contribution in [0, 0.1) is 23.7 Å². The number of hydrogen-bond donors (Lipinski definition) is 4. The molecule has 0 radical (unpaired) electrons. The number of aromatic nitrogens is 2. The Morgan fingerprint density at radius 2 is 0.792 bits per heavy atom. The van der Waals surface area contributed by atoms with Crippen molar-refractivity contribution in [3.8, 4) is 0 Å². The molecule has 0 spiro atoms. The summed E-state index contributed by atoms with van der Waals surface area (Å²) in [6.07, 6.45) is 4.87. The maximum Gasteiger partial charge on any atom is 0.251 e. The van der Waals surface area contributed by atoms with E-state index in [-0.39, 0.29) is 47.3 Å². The van der Waals surface area contributed by atoms with Gasteiger partial charge >= 0.3 is 0 Å². The summed E-state index contributed by atoms with van der Waals surface area (Å²) in [4.78, 5) is 108. The smallest absolute Gasteiger partial charge is 0.251 e. The molecule has 2 aliphatic heterocycles. The van der Waals surface area contributed by atoms with Gasteiger partial charge in [-0.05, 0) is 136 Å². The molecule has 16 nitrogen and oxygen atoms in total. The van der Waals surface area contributed by atoms with Crippen LogP contribution in [-0.2, 0) is 44.9 Å². The van der Waals surface area contributed by atoms with Crippen LogP contribution in [0.25, 0.3) is 21.8 Å². The highest BCUT2D eigenvalue weighted by Crippen LogP contribution is 2.45. The van der Waals surface area contributed by atoms with Gasteiger partial charge in [-0.3, -0.25) is 57.3 Å². The summed E-state index contributed by atoms with van der Waals surface area (Å²) in [5.74, 6) is -3.91. The Bertz CT molecular complexity index is 2960. The summed E-state index contributed by atoms with van der Waals surface area (Å²) in [5, 5.41) is 14.6. The molecule has 16 heteroatoms. The first kappa shape index (κ1) is 48.1. The molecule has 4 atom stereocenters. The first-order valence-corrected chi connectivity index (χ1v) is 25.1. The second-order valence-electron chi connectivity index (χ2n) is 19.4. The highest BCUT2D eigenvalue weighted by molar-refractivity contribution is 6.23. The number of amides is 6. The largest absolute Gasteiger partial charge is 0.352 e. The van der Waals surface area contributed by atoms with Crippen molar-refractivity contribution >= 4 is 80.4 Å². The summed E-state index contributed by atoms with van der Waals surface area (Å²) >= 11 is 0. The van der Waals surface area contributed by atoms with Crippen molar-refractivity contribution < 1.29 is 38.4 Å². The quantitative estimate of drug-likeness (QED) is 0.0657. The number of para-hydroxylation sites is 2. The van der Waals surface area contributed by atoms with Crippen LogP contribution >= 0.6 is 0 Å². The molecule has 10 rings (SSSR count). The maximum atomic E-state index is 13.7. The van der Waals surface area contributed by atoms with E-state index in [2.05, 4.69) is 21.3 Å². The molecule has 4 aliphatic rings. The monoisotopic (exact) mass is 970 g/mol. The Hall–Kier alpha value is -7.56. The zero-order chi connectivity index (χ0) is 50.2. The Kier molecular flexibility index (Phi) is 13.5. The fourth-order valence-electron chi connectivity index (χ4n) is 11.5. The summed E-state index contributed by atoms with van der Waals surface area (Å²) < 4.78 is 3.36. The lowest BCUT2D eigenvalue weighted by Gasteiger charge is -2.23. The van der Waals surface area contributed by atoms with E-state index in [1.807, 2.05) is 48.5 Å². The molecule has 2 saturated heterocycles. The van der Waals surface area contributed by atoms with Crippen LogP contribution in [0.15, 0.2) is 97.1 Å². The minimum Gasteiger partial charge on any atom is -0.352 e. The molecule has 370 valence electrons. The van der Waals surface area contributed by atoms with Crippen LogP contribution in [0.5, 0.6) is 0 Å². The summed E-state index contributed by atoms with van der Waals surface area (Å²) in [5.41, 5.74) is 6.85. The van der Waals surface area contributed by atoms with Gasteiger partial charge in [0.25, 0.3) is 11.8 Å². The van der Waals surface area contributed by atoms with E-state index in [0.29, 0.717) is 61.3 Å². The second kappa shape index (κ2) is 20.3. The normalized spacial score (nSPS) is 19.1. The molecule has 0 bridgehead atoms. The van der Waals surface area contributed by atoms with Crippen LogP contribution in [0.4, 0.5) is 11.4 Å². The van der Waals surface area contributed by atoms with Gasteiger partial charge in [-0.25, -0.2) is 0 Å². The number of nitrogens with one attached hydrogen (secondary N) is 4. The van der Waals surface area contributed by atoms with Crippen molar-refractivity contribution in [1.29, 1.82) is 0 Å². The zero-order valence-corrected chi connectivity index (χ0v) is 40.5. The zero-order valence-electron chi connectivity index (χ0n) is 40.5. The number of unbranched alkanes of at least 4 members (excludes halogenated alkanes) is 1. The molecule has 2 aliphatic carbocycles. The van der Waals surface area contributed by atoms with Crippen LogP contribution in [0.3, 0.4) is 0 Å². The summed E-state index contributed by atoms with van der Waals surface area (Å²) in [6.45, 7) is 7.19. The molecule has 2 aromatic heterocycles. The van der Waals surface area contributed by atoms with Gasteiger partial charge in [0, 0.05) is 73.1 Å². The maximum absolute atomic E-state index is 13.7. The molecule has 72 heavy (non-hydrogen) atoms. The number of carbonyl (C=O) groups excluding carboxylic acids is 8. The van der Waals surface area contributed by atoms with Crippen molar-refractivity contribution in [2.45, 2.75) is 65.2 Å². The lowest BCUT2D eigenvalue weighted by molar-refractivity contribution is -0.124. The van der Waals surface area contributed by atoms with Crippen molar-refractivity contribution in [3.63, 3.8) is 0 Å². The van der Waals surface area contributed by atoms with Crippen LogP contribution in [-0.4, -0.2) is 95.7 Å². The fraction of sp³-hybridized carbons (Fsp3) is 0.357. The number of imide groups is 2. The fourth-order valence-corrected chi connectivity index (χ4v) is 11.5. The van der Waals surface area contributed by atoms with E-state index < -0.39 is 23.7 Å². The first-order chi connectivity index (χ1) is 34.9. The molecule has 6 aromatic rings. The second-order valence-corrected chi connectivity index (χ2v) is 19.4. The lowest BCUT2D eigenvalue weighted by Crippen LogP contribution is -2.31. The van der Waals surface area contributed by atoms with E-state index in [1.54, 1.807) is 57.7 Å². The molecule has 4 heterocycles. The third-order valence-corrected chi connectivity index (χ3v) is 15.0. The number of anilines is 2. The van der Waals surface area contributed by atoms with Crippen LogP contribution < -0.4 is 31.1 Å². The Labute approximate surface area is 416 Å².